The molecule has 0 bridgehead atoms. The number of anilines is 1. The van der Waals surface area contributed by atoms with E-state index in [1.807, 2.05) is 48.7 Å². The normalized spacial score (nSPS) is 11.6. The number of H-pyrrole nitrogens is 1. The lowest BCUT2D eigenvalue weighted by atomic mass is 9.94. The van der Waals surface area contributed by atoms with Gasteiger partial charge in [-0.25, -0.2) is 0 Å². The van der Waals surface area contributed by atoms with Crippen molar-refractivity contribution in [1.82, 2.24) is 20.4 Å². The highest BCUT2D eigenvalue weighted by Crippen LogP contribution is 2.26. The van der Waals surface area contributed by atoms with E-state index < -0.39 is 0 Å². The van der Waals surface area contributed by atoms with Gasteiger partial charge < -0.3 is 5.32 Å². The molecule has 25 heavy (non-hydrogen) atoms. The van der Waals surface area contributed by atoms with E-state index in [4.69, 9.17) is 0 Å². The summed E-state index contributed by atoms with van der Waals surface area (Å²) < 4.78 is 0. The first kappa shape index (κ1) is 15.3. The van der Waals surface area contributed by atoms with Crippen molar-refractivity contribution < 1.29 is 0 Å². The van der Waals surface area contributed by atoms with Gasteiger partial charge in [0.1, 0.15) is 5.82 Å². The fraction of sp³-hybridized carbons (Fsp3) is 0.150. The van der Waals surface area contributed by atoms with Crippen molar-refractivity contribution in [2.24, 2.45) is 0 Å². The van der Waals surface area contributed by atoms with Crippen LogP contribution in [0.25, 0.3) is 22.2 Å². The molecular formula is C20H19N5. The zero-order chi connectivity index (χ0) is 17.3. The predicted octanol–water partition coefficient (Wildman–Crippen LogP) is 4.37. The molecule has 0 aliphatic rings. The molecule has 0 atom stereocenters. The standard InChI is InChI=1S/C20H19N5/c1-20(2,16-6-4-3-5-7-16)22-19-11-10-17(24-25-19)14-8-9-18-15(12-14)13-21-23-18/h3-13H,1-2H3,(H,21,23)(H,22,25). The van der Waals surface area contributed by atoms with Crippen LogP contribution < -0.4 is 5.32 Å². The van der Waals surface area contributed by atoms with Gasteiger partial charge in [-0.2, -0.15) is 5.10 Å². The van der Waals surface area contributed by atoms with E-state index in [9.17, 15) is 0 Å². The van der Waals surface area contributed by atoms with E-state index in [-0.39, 0.29) is 5.54 Å². The Morgan fingerprint density at radius 3 is 2.52 bits per heavy atom. The van der Waals surface area contributed by atoms with Crippen LogP contribution in [0.2, 0.25) is 0 Å². The van der Waals surface area contributed by atoms with Gasteiger partial charge in [0.2, 0.25) is 0 Å². The molecular weight excluding hydrogens is 310 g/mol. The van der Waals surface area contributed by atoms with Crippen molar-refractivity contribution in [3.8, 4) is 11.3 Å². The third kappa shape index (κ3) is 3.08. The van der Waals surface area contributed by atoms with Gasteiger partial charge in [-0.05, 0) is 43.7 Å². The second-order valence-electron chi connectivity index (χ2n) is 6.59. The third-order valence-electron chi connectivity index (χ3n) is 4.34. The molecule has 0 saturated carbocycles. The average Bonchev–Trinajstić information content (AvgIpc) is 3.10. The summed E-state index contributed by atoms with van der Waals surface area (Å²) in [5, 5.41) is 20.2. The Labute approximate surface area is 146 Å². The van der Waals surface area contributed by atoms with Gasteiger partial charge in [-0.15, -0.1) is 10.2 Å². The number of nitrogens with zero attached hydrogens (tertiary/aromatic N) is 3. The summed E-state index contributed by atoms with van der Waals surface area (Å²) in [5.41, 5.74) is 3.85. The van der Waals surface area contributed by atoms with Crippen LogP contribution in [0.5, 0.6) is 0 Å². The van der Waals surface area contributed by atoms with Crippen molar-refractivity contribution >= 4 is 16.7 Å². The van der Waals surface area contributed by atoms with Gasteiger partial charge >= 0.3 is 0 Å². The Balaban J connectivity index is 1.57. The molecule has 2 N–H and O–H groups in total. The Hall–Kier alpha value is -3.21. The van der Waals surface area contributed by atoms with E-state index in [1.165, 1.54) is 5.56 Å². The van der Waals surface area contributed by atoms with Crippen LogP contribution in [0.1, 0.15) is 19.4 Å². The largest absolute Gasteiger partial charge is 0.360 e. The number of rotatable bonds is 4. The molecule has 2 heterocycles. The van der Waals surface area contributed by atoms with Gasteiger partial charge in [-0.1, -0.05) is 36.4 Å². The quantitative estimate of drug-likeness (QED) is 0.583. The summed E-state index contributed by atoms with van der Waals surface area (Å²) in [4.78, 5) is 0. The zero-order valence-electron chi connectivity index (χ0n) is 14.2. The van der Waals surface area contributed by atoms with Crippen LogP contribution in [-0.4, -0.2) is 20.4 Å². The van der Waals surface area contributed by atoms with Crippen LogP contribution in [0, 0.1) is 0 Å². The molecule has 4 rings (SSSR count). The minimum atomic E-state index is -0.229. The van der Waals surface area contributed by atoms with Crippen LogP contribution >= 0.6 is 0 Å². The molecule has 0 saturated heterocycles. The van der Waals surface area contributed by atoms with Crippen LogP contribution in [-0.2, 0) is 5.54 Å². The summed E-state index contributed by atoms with van der Waals surface area (Å²) in [5.74, 6) is 0.752. The molecule has 0 aliphatic heterocycles. The molecule has 2 aromatic carbocycles. The molecule has 0 aliphatic carbocycles. The molecule has 0 radical (unpaired) electrons. The average molecular weight is 329 g/mol. The summed E-state index contributed by atoms with van der Waals surface area (Å²) in [6.07, 6.45) is 1.81. The number of fused-ring (bicyclic) bond motifs is 1. The number of benzene rings is 2. The van der Waals surface area contributed by atoms with Crippen molar-refractivity contribution in [2.45, 2.75) is 19.4 Å². The molecule has 124 valence electrons. The molecule has 2 aromatic heterocycles. The maximum absolute atomic E-state index is 4.37. The highest BCUT2D eigenvalue weighted by Gasteiger charge is 2.20. The summed E-state index contributed by atoms with van der Waals surface area (Å²) in [7, 11) is 0. The van der Waals surface area contributed by atoms with E-state index >= 15 is 0 Å². The van der Waals surface area contributed by atoms with Crippen LogP contribution in [0.3, 0.4) is 0 Å². The fourth-order valence-corrected chi connectivity index (χ4v) is 2.90. The molecule has 0 spiro atoms. The third-order valence-corrected chi connectivity index (χ3v) is 4.34. The molecule has 5 nitrogen and oxygen atoms in total. The van der Waals surface area contributed by atoms with E-state index in [2.05, 4.69) is 57.8 Å². The number of aromatic amines is 1. The molecule has 4 aromatic rings. The minimum absolute atomic E-state index is 0.229. The molecule has 0 amide bonds. The lowest BCUT2D eigenvalue weighted by Crippen LogP contribution is -2.28. The fourth-order valence-electron chi connectivity index (χ4n) is 2.90. The van der Waals surface area contributed by atoms with E-state index in [1.54, 1.807) is 0 Å². The van der Waals surface area contributed by atoms with E-state index in [0.717, 1.165) is 28.0 Å². The van der Waals surface area contributed by atoms with Crippen LogP contribution in [0.15, 0.2) is 66.9 Å². The summed E-state index contributed by atoms with van der Waals surface area (Å²) in [6.45, 7) is 4.26. The summed E-state index contributed by atoms with van der Waals surface area (Å²) >= 11 is 0. The maximum atomic E-state index is 4.37. The Morgan fingerprint density at radius 1 is 0.920 bits per heavy atom. The number of aromatic nitrogens is 4. The highest BCUT2D eigenvalue weighted by molar-refractivity contribution is 5.83. The predicted molar refractivity (Wildman–Crippen MR) is 100 cm³/mol. The van der Waals surface area contributed by atoms with Gasteiger partial charge in [-0.3, -0.25) is 5.10 Å². The highest BCUT2D eigenvalue weighted by atomic mass is 15.2. The number of hydrogen-bond donors (Lipinski definition) is 2. The monoisotopic (exact) mass is 329 g/mol. The second kappa shape index (κ2) is 6.02. The SMILES string of the molecule is CC(C)(Nc1ccc(-c2ccc3[nH]ncc3c2)nn1)c1ccccc1. The van der Waals surface area contributed by atoms with Crippen molar-refractivity contribution in [1.29, 1.82) is 0 Å². The number of nitrogens with one attached hydrogen (secondary N) is 2. The van der Waals surface area contributed by atoms with Crippen molar-refractivity contribution in [3.05, 3.63) is 72.4 Å². The minimum Gasteiger partial charge on any atom is -0.360 e. The lowest BCUT2D eigenvalue weighted by Gasteiger charge is -2.27. The maximum Gasteiger partial charge on any atom is 0.149 e. The van der Waals surface area contributed by atoms with Crippen LogP contribution in [0.4, 0.5) is 5.82 Å². The molecule has 0 unspecified atom stereocenters. The second-order valence-corrected chi connectivity index (χ2v) is 6.59. The zero-order valence-corrected chi connectivity index (χ0v) is 14.2. The van der Waals surface area contributed by atoms with Crippen molar-refractivity contribution in [2.75, 3.05) is 5.32 Å². The first-order valence-corrected chi connectivity index (χ1v) is 8.23. The Bertz CT molecular complexity index is 987. The lowest BCUT2D eigenvalue weighted by molar-refractivity contribution is 0.604. The van der Waals surface area contributed by atoms with Gasteiger partial charge in [0.15, 0.2) is 0 Å². The summed E-state index contributed by atoms with van der Waals surface area (Å²) in [6, 6.07) is 20.3. The van der Waals surface area contributed by atoms with Gasteiger partial charge in [0, 0.05) is 10.9 Å². The van der Waals surface area contributed by atoms with Gasteiger partial charge in [0.05, 0.1) is 22.9 Å². The molecule has 5 heteroatoms. The smallest absolute Gasteiger partial charge is 0.149 e. The molecule has 0 fully saturated rings. The number of hydrogen-bond acceptors (Lipinski definition) is 4. The van der Waals surface area contributed by atoms with Gasteiger partial charge in [0.25, 0.3) is 0 Å². The Kier molecular flexibility index (Phi) is 3.69. The van der Waals surface area contributed by atoms with Crippen molar-refractivity contribution in [3.63, 3.8) is 0 Å². The Morgan fingerprint density at radius 2 is 1.76 bits per heavy atom. The first-order chi connectivity index (χ1) is 12.1. The first-order valence-electron chi connectivity index (χ1n) is 8.23. The topological polar surface area (TPSA) is 66.5 Å². The van der Waals surface area contributed by atoms with E-state index in [0.29, 0.717) is 0 Å².